The Morgan fingerprint density at radius 3 is 1.72 bits per heavy atom. The van der Waals surface area contributed by atoms with Gasteiger partial charge in [0.2, 0.25) is 5.91 Å². The zero-order valence-electron chi connectivity index (χ0n) is 19.3. The predicted octanol–water partition coefficient (Wildman–Crippen LogP) is 7.68. The van der Waals surface area contributed by atoms with E-state index < -0.39 is 5.97 Å². The Balaban J connectivity index is 1.73. The summed E-state index contributed by atoms with van der Waals surface area (Å²) in [5.74, 6) is -0.846. The van der Waals surface area contributed by atoms with Crippen molar-refractivity contribution in [3.63, 3.8) is 0 Å². The Labute approximate surface area is 191 Å². The van der Waals surface area contributed by atoms with Crippen LogP contribution in [0.3, 0.4) is 0 Å². The molecule has 2 aromatic carbocycles. The number of carboxylic acid groups (broad SMARTS) is 1. The molecule has 1 amide bonds. The van der Waals surface area contributed by atoms with Crippen LogP contribution in [0.1, 0.15) is 81.5 Å². The maximum atomic E-state index is 12.5. The Hall–Kier alpha value is -3.02. The van der Waals surface area contributed by atoms with Crippen molar-refractivity contribution in [2.75, 3.05) is 11.9 Å². The number of aromatic carboxylic acids is 1. The largest absolute Gasteiger partial charge is 0.478 e. The summed E-state index contributed by atoms with van der Waals surface area (Å²) in [5, 5.41) is 17.2. The lowest BCUT2D eigenvalue weighted by Gasteiger charge is -2.17. The molecule has 0 atom stereocenters. The summed E-state index contributed by atoms with van der Waals surface area (Å²) < 4.78 is 0. The molecule has 32 heavy (non-hydrogen) atoms. The quantitative estimate of drug-likeness (QED) is 0.243. The van der Waals surface area contributed by atoms with Gasteiger partial charge in [-0.05, 0) is 55.0 Å². The van der Waals surface area contributed by atoms with Crippen LogP contribution in [0.25, 0.3) is 0 Å². The van der Waals surface area contributed by atoms with Crippen LogP contribution in [-0.4, -0.2) is 24.0 Å². The first-order valence-corrected chi connectivity index (χ1v) is 11.6. The van der Waals surface area contributed by atoms with Crippen molar-refractivity contribution in [1.29, 1.82) is 0 Å². The second-order valence-electron chi connectivity index (χ2n) is 8.10. The third-order valence-electron chi connectivity index (χ3n) is 5.50. The Morgan fingerprint density at radius 2 is 1.22 bits per heavy atom. The standard InChI is InChI=1S/C26H35N3O3/c1-3-4-5-6-7-8-9-10-11-12-25(30)29(2)24-19-17-23(18-20-24)28-27-22-15-13-21(14-16-22)26(31)32/h13-20H,3-12H2,1-2H3,(H,31,32). The summed E-state index contributed by atoms with van der Waals surface area (Å²) >= 11 is 0. The molecule has 2 rings (SSSR count). The third kappa shape index (κ3) is 9.00. The molecular formula is C26H35N3O3. The van der Waals surface area contributed by atoms with Gasteiger partial charge in [0, 0.05) is 19.2 Å². The van der Waals surface area contributed by atoms with E-state index in [1.807, 2.05) is 24.3 Å². The van der Waals surface area contributed by atoms with Gasteiger partial charge in [-0.15, -0.1) is 0 Å². The molecule has 0 spiro atoms. The number of carbonyl (C=O) groups is 2. The Morgan fingerprint density at radius 1 is 0.750 bits per heavy atom. The van der Waals surface area contributed by atoms with E-state index in [0.29, 0.717) is 17.8 Å². The molecule has 0 heterocycles. The molecule has 0 aliphatic heterocycles. The van der Waals surface area contributed by atoms with E-state index >= 15 is 0 Å². The summed E-state index contributed by atoms with van der Waals surface area (Å²) in [7, 11) is 1.80. The highest BCUT2D eigenvalue weighted by Gasteiger charge is 2.10. The summed E-state index contributed by atoms with van der Waals surface area (Å²) in [6, 6.07) is 13.5. The molecular weight excluding hydrogens is 402 g/mol. The summed E-state index contributed by atoms with van der Waals surface area (Å²) in [4.78, 5) is 25.0. The van der Waals surface area contributed by atoms with Crippen molar-refractivity contribution in [2.24, 2.45) is 10.2 Å². The van der Waals surface area contributed by atoms with E-state index in [1.54, 1.807) is 24.1 Å². The third-order valence-corrected chi connectivity index (χ3v) is 5.50. The minimum Gasteiger partial charge on any atom is -0.478 e. The number of carbonyl (C=O) groups excluding carboxylic acids is 1. The maximum Gasteiger partial charge on any atom is 0.335 e. The fourth-order valence-electron chi connectivity index (χ4n) is 3.43. The lowest BCUT2D eigenvalue weighted by atomic mass is 10.1. The summed E-state index contributed by atoms with van der Waals surface area (Å²) in [6.07, 6.45) is 11.7. The number of rotatable bonds is 14. The van der Waals surface area contributed by atoms with Crippen molar-refractivity contribution in [3.05, 3.63) is 54.1 Å². The second kappa shape index (κ2) is 14.1. The van der Waals surface area contributed by atoms with Crippen molar-refractivity contribution in [1.82, 2.24) is 0 Å². The molecule has 172 valence electrons. The molecule has 0 radical (unpaired) electrons. The van der Waals surface area contributed by atoms with Crippen molar-refractivity contribution in [2.45, 2.75) is 71.1 Å². The van der Waals surface area contributed by atoms with Gasteiger partial charge in [0.05, 0.1) is 16.9 Å². The number of carboxylic acids is 1. The molecule has 0 fully saturated rings. The number of benzene rings is 2. The number of anilines is 1. The number of nitrogens with zero attached hydrogens (tertiary/aromatic N) is 3. The minimum absolute atomic E-state index is 0.126. The molecule has 0 saturated heterocycles. The number of azo groups is 1. The number of hydrogen-bond donors (Lipinski definition) is 1. The molecule has 1 N–H and O–H groups in total. The maximum absolute atomic E-state index is 12.5. The van der Waals surface area contributed by atoms with E-state index in [-0.39, 0.29) is 11.5 Å². The van der Waals surface area contributed by atoms with E-state index in [4.69, 9.17) is 5.11 Å². The van der Waals surface area contributed by atoms with Crippen LogP contribution in [-0.2, 0) is 4.79 Å². The first-order chi connectivity index (χ1) is 15.5. The van der Waals surface area contributed by atoms with Gasteiger partial charge in [-0.25, -0.2) is 4.79 Å². The SMILES string of the molecule is CCCCCCCCCCCC(=O)N(C)c1ccc(N=Nc2ccc(C(=O)O)cc2)cc1. The zero-order valence-corrected chi connectivity index (χ0v) is 19.3. The van der Waals surface area contributed by atoms with E-state index in [1.165, 1.54) is 57.1 Å². The van der Waals surface area contributed by atoms with Crippen LogP contribution in [0.2, 0.25) is 0 Å². The molecule has 6 nitrogen and oxygen atoms in total. The van der Waals surface area contributed by atoms with E-state index in [0.717, 1.165) is 18.5 Å². The summed E-state index contributed by atoms with van der Waals surface area (Å²) in [6.45, 7) is 2.24. The van der Waals surface area contributed by atoms with Gasteiger partial charge in [-0.1, -0.05) is 58.3 Å². The van der Waals surface area contributed by atoms with Gasteiger partial charge in [0.25, 0.3) is 0 Å². The second-order valence-corrected chi connectivity index (χ2v) is 8.10. The first kappa shape index (κ1) is 25.2. The fraction of sp³-hybridized carbons (Fsp3) is 0.462. The van der Waals surface area contributed by atoms with Crippen LogP contribution in [0, 0.1) is 0 Å². The van der Waals surface area contributed by atoms with Gasteiger partial charge in [-0.2, -0.15) is 10.2 Å². The van der Waals surface area contributed by atoms with Crippen molar-refractivity contribution >= 4 is 28.9 Å². The van der Waals surface area contributed by atoms with Crippen molar-refractivity contribution < 1.29 is 14.7 Å². The topological polar surface area (TPSA) is 82.3 Å². The van der Waals surface area contributed by atoms with Gasteiger partial charge >= 0.3 is 5.97 Å². The van der Waals surface area contributed by atoms with Gasteiger partial charge in [0.1, 0.15) is 0 Å². The molecule has 0 unspecified atom stereocenters. The molecule has 2 aromatic rings. The zero-order chi connectivity index (χ0) is 23.2. The lowest BCUT2D eigenvalue weighted by molar-refractivity contribution is -0.118. The number of hydrogen-bond acceptors (Lipinski definition) is 4. The molecule has 0 aliphatic carbocycles. The van der Waals surface area contributed by atoms with E-state index in [9.17, 15) is 9.59 Å². The van der Waals surface area contributed by atoms with Crippen LogP contribution in [0.15, 0.2) is 58.8 Å². The van der Waals surface area contributed by atoms with Crippen LogP contribution < -0.4 is 4.90 Å². The average Bonchev–Trinajstić information content (AvgIpc) is 2.81. The fourth-order valence-corrected chi connectivity index (χ4v) is 3.43. The highest BCUT2D eigenvalue weighted by molar-refractivity contribution is 5.92. The number of amides is 1. The first-order valence-electron chi connectivity index (χ1n) is 11.6. The Kier molecular flexibility index (Phi) is 11.1. The monoisotopic (exact) mass is 437 g/mol. The molecule has 0 aliphatic rings. The van der Waals surface area contributed by atoms with Gasteiger partial charge in [0.15, 0.2) is 0 Å². The molecule has 6 heteroatoms. The predicted molar refractivity (Wildman–Crippen MR) is 129 cm³/mol. The van der Waals surface area contributed by atoms with Crippen LogP contribution in [0.4, 0.5) is 17.1 Å². The molecule has 0 saturated carbocycles. The normalized spacial score (nSPS) is 11.1. The molecule has 0 bridgehead atoms. The van der Waals surface area contributed by atoms with Gasteiger partial charge in [-0.3, -0.25) is 4.79 Å². The highest BCUT2D eigenvalue weighted by Crippen LogP contribution is 2.23. The number of unbranched alkanes of at least 4 members (excludes halogenated alkanes) is 8. The molecule has 0 aromatic heterocycles. The van der Waals surface area contributed by atoms with Gasteiger partial charge < -0.3 is 10.0 Å². The average molecular weight is 438 g/mol. The Bertz CT molecular complexity index is 861. The van der Waals surface area contributed by atoms with Crippen LogP contribution >= 0.6 is 0 Å². The smallest absolute Gasteiger partial charge is 0.335 e. The van der Waals surface area contributed by atoms with Crippen molar-refractivity contribution in [3.8, 4) is 0 Å². The van der Waals surface area contributed by atoms with E-state index in [2.05, 4.69) is 17.2 Å². The summed E-state index contributed by atoms with van der Waals surface area (Å²) in [5.41, 5.74) is 2.28. The minimum atomic E-state index is -0.972. The highest BCUT2D eigenvalue weighted by atomic mass is 16.4. The lowest BCUT2D eigenvalue weighted by Crippen LogP contribution is -2.25. The van der Waals surface area contributed by atoms with Crippen LogP contribution in [0.5, 0.6) is 0 Å².